The molecule has 0 fully saturated rings. The molecule has 0 saturated heterocycles. The molecule has 0 saturated carbocycles. The van der Waals surface area contributed by atoms with E-state index in [0.717, 1.165) is 70.6 Å². The van der Waals surface area contributed by atoms with E-state index in [9.17, 15) is 19.0 Å². The summed E-state index contributed by atoms with van der Waals surface area (Å²) in [6.07, 6.45) is 46.6. The van der Waals surface area contributed by atoms with Crippen molar-refractivity contribution in [3.8, 4) is 0 Å². The highest BCUT2D eigenvalue weighted by Gasteiger charge is 2.27. The molecule has 9 nitrogen and oxygen atoms in total. The van der Waals surface area contributed by atoms with Crippen LogP contribution in [0.4, 0.5) is 0 Å². The molecule has 0 aromatic carbocycles. The molecular formula is C46H81NO8P+. The van der Waals surface area contributed by atoms with Crippen LogP contribution in [0.1, 0.15) is 155 Å². The van der Waals surface area contributed by atoms with E-state index in [1.54, 1.807) is 0 Å². The number of esters is 2. The largest absolute Gasteiger partial charge is 0.472 e. The maximum Gasteiger partial charge on any atom is 0.472 e. The number of ether oxygens (including phenoxy) is 2. The van der Waals surface area contributed by atoms with Gasteiger partial charge in [-0.05, 0) is 89.9 Å². The number of quaternary nitrogens is 1. The molecule has 0 aliphatic heterocycles. The molecule has 0 spiro atoms. The van der Waals surface area contributed by atoms with Gasteiger partial charge in [-0.25, -0.2) is 4.57 Å². The van der Waals surface area contributed by atoms with Gasteiger partial charge in [0.15, 0.2) is 6.10 Å². The number of phosphoric acid groups is 1. The first-order chi connectivity index (χ1) is 27.0. The standard InChI is InChI=1S/C46H80NO8P/c1-6-8-10-12-14-16-18-20-22-23-25-26-28-30-32-34-36-38-45(48)52-42-44(43-54-56(50,51)53-41-40-47(3,4)5)55-46(49)39-37-35-33-31-29-27-24-21-19-17-15-13-11-9-7-2/h14-17,20-22,24-26,29,31,44H,6-13,18-19,23,27-28,30,32-43H2,1-5H3/p+1/b16-14+,17-15+,22-20+,24-21+,26-25+,31-29+/t44-/m1/s1. The zero-order chi connectivity index (χ0) is 41.4. The van der Waals surface area contributed by atoms with E-state index in [-0.39, 0.29) is 26.1 Å². The Bertz CT molecular complexity index is 1180. The Labute approximate surface area is 342 Å². The fourth-order valence-electron chi connectivity index (χ4n) is 5.26. The van der Waals surface area contributed by atoms with Crippen molar-refractivity contribution in [1.29, 1.82) is 0 Å². The van der Waals surface area contributed by atoms with Crippen molar-refractivity contribution >= 4 is 19.8 Å². The summed E-state index contributed by atoms with van der Waals surface area (Å²) in [4.78, 5) is 35.3. The Balaban J connectivity index is 4.50. The van der Waals surface area contributed by atoms with Crippen LogP contribution in [0.5, 0.6) is 0 Å². The average Bonchev–Trinajstić information content (AvgIpc) is 3.15. The van der Waals surface area contributed by atoms with E-state index >= 15 is 0 Å². The van der Waals surface area contributed by atoms with E-state index in [1.165, 1.54) is 44.9 Å². The lowest BCUT2D eigenvalue weighted by Gasteiger charge is -2.24. The van der Waals surface area contributed by atoms with E-state index in [2.05, 4.69) is 86.8 Å². The second-order valence-electron chi connectivity index (χ2n) is 15.4. The second-order valence-corrected chi connectivity index (χ2v) is 16.8. The molecule has 0 aromatic heterocycles. The summed E-state index contributed by atoms with van der Waals surface area (Å²) in [6.45, 7) is 4.27. The lowest BCUT2D eigenvalue weighted by atomic mass is 10.1. The number of allylic oxidation sites excluding steroid dienone is 12. The third-order valence-electron chi connectivity index (χ3n) is 8.71. The minimum atomic E-state index is -4.39. The van der Waals surface area contributed by atoms with Gasteiger partial charge >= 0.3 is 19.8 Å². The third-order valence-corrected chi connectivity index (χ3v) is 9.69. The number of likely N-dealkylation sites (N-methyl/N-ethyl adjacent to an activating group) is 1. The van der Waals surface area contributed by atoms with Crippen LogP contribution >= 0.6 is 7.82 Å². The van der Waals surface area contributed by atoms with Crippen molar-refractivity contribution < 1.29 is 42.1 Å². The zero-order valence-electron chi connectivity index (χ0n) is 36.1. The van der Waals surface area contributed by atoms with Gasteiger partial charge in [0.25, 0.3) is 0 Å². The number of rotatable bonds is 38. The highest BCUT2D eigenvalue weighted by Crippen LogP contribution is 2.43. The second kappa shape index (κ2) is 38.0. The van der Waals surface area contributed by atoms with Gasteiger partial charge in [0.05, 0.1) is 27.7 Å². The van der Waals surface area contributed by atoms with Crippen molar-refractivity contribution in [3.05, 3.63) is 72.9 Å². The predicted octanol–water partition coefficient (Wildman–Crippen LogP) is 12.2. The van der Waals surface area contributed by atoms with Crippen LogP contribution in [0, 0.1) is 0 Å². The fourth-order valence-corrected chi connectivity index (χ4v) is 6.00. The number of hydrogen-bond donors (Lipinski definition) is 1. The summed E-state index contributed by atoms with van der Waals surface area (Å²) in [5.41, 5.74) is 0. The molecule has 322 valence electrons. The normalized spacial score (nSPS) is 14.3. The molecule has 0 heterocycles. The van der Waals surface area contributed by atoms with Crippen LogP contribution in [-0.4, -0.2) is 74.9 Å². The number of nitrogens with zero attached hydrogens (tertiary/aromatic N) is 1. The number of phosphoric ester groups is 1. The summed E-state index contributed by atoms with van der Waals surface area (Å²) in [6, 6.07) is 0. The van der Waals surface area contributed by atoms with Crippen molar-refractivity contribution in [2.75, 3.05) is 47.5 Å². The summed E-state index contributed by atoms with van der Waals surface area (Å²) in [7, 11) is 1.43. The quantitative estimate of drug-likeness (QED) is 0.0216. The Morgan fingerprint density at radius 2 is 0.964 bits per heavy atom. The lowest BCUT2D eigenvalue weighted by molar-refractivity contribution is -0.870. The Hall–Kier alpha value is -2.55. The molecule has 1 unspecified atom stereocenters. The van der Waals surface area contributed by atoms with Gasteiger partial charge in [0.1, 0.15) is 19.8 Å². The first-order valence-electron chi connectivity index (χ1n) is 21.7. The molecule has 0 amide bonds. The van der Waals surface area contributed by atoms with Gasteiger partial charge in [0, 0.05) is 12.8 Å². The van der Waals surface area contributed by atoms with Gasteiger partial charge in [-0.15, -0.1) is 0 Å². The smallest absolute Gasteiger partial charge is 0.462 e. The first kappa shape index (κ1) is 53.5. The average molecular weight is 807 g/mol. The molecule has 0 rings (SSSR count). The van der Waals surface area contributed by atoms with Crippen LogP contribution in [0.3, 0.4) is 0 Å². The van der Waals surface area contributed by atoms with Gasteiger partial charge in [0.2, 0.25) is 0 Å². The van der Waals surface area contributed by atoms with E-state index in [4.69, 9.17) is 18.5 Å². The molecule has 0 aliphatic carbocycles. The number of unbranched alkanes of at least 4 members (excludes halogenated alkanes) is 12. The van der Waals surface area contributed by atoms with Crippen LogP contribution in [-0.2, 0) is 32.7 Å². The molecule has 56 heavy (non-hydrogen) atoms. The molecule has 2 atom stereocenters. The van der Waals surface area contributed by atoms with Gasteiger partial charge in [-0.1, -0.05) is 125 Å². The Morgan fingerprint density at radius 1 is 0.554 bits per heavy atom. The molecular weight excluding hydrogens is 725 g/mol. The van der Waals surface area contributed by atoms with Crippen LogP contribution in [0.2, 0.25) is 0 Å². The highest BCUT2D eigenvalue weighted by atomic mass is 31.2. The lowest BCUT2D eigenvalue weighted by Crippen LogP contribution is -2.37. The zero-order valence-corrected chi connectivity index (χ0v) is 37.0. The maximum atomic E-state index is 12.7. The summed E-state index contributed by atoms with van der Waals surface area (Å²) >= 11 is 0. The third kappa shape index (κ3) is 41.1. The summed E-state index contributed by atoms with van der Waals surface area (Å²) in [5.74, 6) is -0.876. The van der Waals surface area contributed by atoms with Crippen LogP contribution < -0.4 is 0 Å². The molecule has 0 radical (unpaired) electrons. The van der Waals surface area contributed by atoms with Crippen LogP contribution in [0.15, 0.2) is 72.9 Å². The maximum absolute atomic E-state index is 12.7. The van der Waals surface area contributed by atoms with E-state index in [1.807, 2.05) is 21.1 Å². The molecule has 0 aliphatic rings. The van der Waals surface area contributed by atoms with E-state index in [0.29, 0.717) is 23.9 Å². The van der Waals surface area contributed by atoms with E-state index < -0.39 is 32.5 Å². The minimum absolute atomic E-state index is 0.0168. The van der Waals surface area contributed by atoms with Gasteiger partial charge in [-0.3, -0.25) is 18.6 Å². The van der Waals surface area contributed by atoms with Gasteiger partial charge in [-0.2, -0.15) is 0 Å². The molecule has 0 aromatic rings. The Kier molecular flexibility index (Phi) is 36.3. The van der Waals surface area contributed by atoms with Gasteiger partial charge < -0.3 is 18.9 Å². The fraction of sp³-hybridized carbons (Fsp3) is 0.696. The number of hydrogen-bond acceptors (Lipinski definition) is 7. The predicted molar refractivity (Wildman–Crippen MR) is 233 cm³/mol. The Morgan fingerprint density at radius 3 is 1.45 bits per heavy atom. The number of carbonyl (C=O) groups excluding carboxylic acids is 2. The van der Waals surface area contributed by atoms with Crippen molar-refractivity contribution in [2.24, 2.45) is 0 Å². The molecule has 0 bridgehead atoms. The summed E-state index contributed by atoms with van der Waals surface area (Å²) in [5, 5.41) is 0. The highest BCUT2D eigenvalue weighted by molar-refractivity contribution is 7.47. The molecule has 10 heteroatoms. The van der Waals surface area contributed by atoms with Crippen LogP contribution in [0.25, 0.3) is 0 Å². The van der Waals surface area contributed by atoms with Crippen molar-refractivity contribution in [2.45, 2.75) is 161 Å². The van der Waals surface area contributed by atoms with Crippen molar-refractivity contribution in [1.82, 2.24) is 0 Å². The number of carbonyl (C=O) groups is 2. The van der Waals surface area contributed by atoms with Crippen molar-refractivity contribution in [3.63, 3.8) is 0 Å². The first-order valence-corrected chi connectivity index (χ1v) is 23.2. The topological polar surface area (TPSA) is 108 Å². The summed E-state index contributed by atoms with van der Waals surface area (Å²) < 4.78 is 34.2. The minimum Gasteiger partial charge on any atom is -0.462 e. The SMILES string of the molecule is CCCCC/C=C/C/C=C/C/C=C/CCCCCCC(=O)OC[C@H](COP(=O)(O)OCC[N+](C)(C)C)OC(=O)CCCC/C=C/C/C=C/C/C=C/CCCCC. The molecule has 1 N–H and O–H groups in total. The monoisotopic (exact) mass is 807 g/mol.